The number of hydrogen-bond acceptors (Lipinski definition) is 5. The van der Waals surface area contributed by atoms with Gasteiger partial charge >= 0.3 is 0 Å². The van der Waals surface area contributed by atoms with E-state index in [-0.39, 0.29) is 11.7 Å². The molecular weight excluding hydrogens is 462 g/mol. The Morgan fingerprint density at radius 2 is 1.91 bits per heavy atom. The maximum Gasteiger partial charge on any atom is 0.254 e. The summed E-state index contributed by atoms with van der Waals surface area (Å²) in [7, 11) is 1.50. The summed E-state index contributed by atoms with van der Waals surface area (Å²) < 4.78 is 10.7. The summed E-state index contributed by atoms with van der Waals surface area (Å²) in [4.78, 5) is 17.6. The van der Waals surface area contributed by atoms with Gasteiger partial charge in [-0.15, -0.1) is 0 Å². The van der Waals surface area contributed by atoms with Crippen molar-refractivity contribution in [3.8, 4) is 11.5 Å². The normalized spacial score (nSPS) is 19.4. The Morgan fingerprint density at radius 3 is 2.51 bits per heavy atom. The van der Waals surface area contributed by atoms with Crippen molar-refractivity contribution >= 4 is 28.9 Å². The van der Waals surface area contributed by atoms with Crippen LogP contribution in [-0.4, -0.2) is 54.4 Å². The number of amides is 1. The third-order valence-corrected chi connectivity index (χ3v) is 7.18. The van der Waals surface area contributed by atoms with Gasteiger partial charge in [0.15, 0.2) is 16.6 Å². The molecule has 8 heteroatoms. The predicted molar refractivity (Wildman–Crippen MR) is 141 cm³/mol. The van der Waals surface area contributed by atoms with E-state index in [2.05, 4.69) is 43.4 Å². The summed E-state index contributed by atoms with van der Waals surface area (Å²) in [6.07, 6.45) is 1.07. The molecule has 0 spiro atoms. The second-order valence-electron chi connectivity index (χ2n) is 8.95. The molecule has 0 aromatic heterocycles. The molecule has 2 atom stereocenters. The van der Waals surface area contributed by atoms with Crippen LogP contribution in [0.25, 0.3) is 0 Å². The lowest BCUT2D eigenvalue weighted by Crippen LogP contribution is -2.51. The molecule has 0 bridgehead atoms. The molecule has 2 aromatic rings. The van der Waals surface area contributed by atoms with Gasteiger partial charge in [-0.25, -0.2) is 0 Å². The third kappa shape index (κ3) is 4.99. The first-order valence-electron chi connectivity index (χ1n) is 12.0. The number of hydrogen-bond donors (Lipinski definition) is 2. The Kier molecular flexibility index (Phi) is 7.62. The average molecular weight is 496 g/mol. The number of phenolic OH excluding ortho intramolecular Hbond substituents is 1. The fraction of sp³-hybridized carbons (Fsp3) is 0.407. The highest BCUT2D eigenvalue weighted by molar-refractivity contribution is 7.80. The minimum absolute atomic E-state index is 0.0107. The van der Waals surface area contributed by atoms with E-state index in [1.807, 2.05) is 22.8 Å². The number of carbonyl (C=O) groups excluding carboxylic acids is 1. The first kappa shape index (κ1) is 25.0. The van der Waals surface area contributed by atoms with Crippen molar-refractivity contribution in [1.82, 2.24) is 10.2 Å². The number of thiocarbonyl (C=S) groups is 1. The third-order valence-electron chi connectivity index (χ3n) is 6.88. The van der Waals surface area contributed by atoms with Gasteiger partial charge in [0.25, 0.3) is 5.91 Å². The monoisotopic (exact) mass is 495 g/mol. The second kappa shape index (κ2) is 10.7. The molecule has 1 amide bonds. The van der Waals surface area contributed by atoms with Crippen molar-refractivity contribution in [1.29, 1.82) is 0 Å². The quantitative estimate of drug-likeness (QED) is 0.572. The molecule has 186 valence electrons. The van der Waals surface area contributed by atoms with E-state index in [4.69, 9.17) is 21.7 Å². The van der Waals surface area contributed by atoms with Gasteiger partial charge < -0.3 is 24.8 Å². The summed E-state index contributed by atoms with van der Waals surface area (Å²) in [6, 6.07) is 13.0. The van der Waals surface area contributed by atoms with Crippen LogP contribution in [0.3, 0.4) is 0 Å². The maximum absolute atomic E-state index is 13.8. The number of ether oxygens (including phenoxy) is 2. The minimum atomic E-state index is -0.509. The number of allylic oxidation sites excluding steroid dienone is 1. The van der Waals surface area contributed by atoms with E-state index in [0.717, 1.165) is 23.4 Å². The van der Waals surface area contributed by atoms with Gasteiger partial charge in [0.2, 0.25) is 0 Å². The summed E-state index contributed by atoms with van der Waals surface area (Å²) in [5.41, 5.74) is 4.26. The van der Waals surface area contributed by atoms with Crippen LogP contribution >= 0.6 is 12.2 Å². The topological polar surface area (TPSA) is 74.3 Å². The van der Waals surface area contributed by atoms with Gasteiger partial charge in [0, 0.05) is 24.5 Å². The maximum atomic E-state index is 13.8. The molecule has 4 rings (SSSR count). The molecule has 35 heavy (non-hydrogen) atoms. The fourth-order valence-electron chi connectivity index (χ4n) is 4.59. The Labute approximate surface area is 212 Å². The van der Waals surface area contributed by atoms with E-state index in [0.29, 0.717) is 48.7 Å². The molecule has 1 saturated heterocycles. The van der Waals surface area contributed by atoms with E-state index >= 15 is 0 Å². The molecule has 2 aliphatic heterocycles. The van der Waals surface area contributed by atoms with Crippen LogP contribution < -0.4 is 15.0 Å². The number of nitrogens with one attached hydrogen (secondary N) is 1. The lowest BCUT2D eigenvalue weighted by atomic mass is 9.93. The van der Waals surface area contributed by atoms with Crippen LogP contribution in [0.5, 0.6) is 11.5 Å². The Hall–Kier alpha value is -3.10. The molecule has 2 N–H and O–H groups in total. The second-order valence-corrected chi connectivity index (χ2v) is 9.34. The van der Waals surface area contributed by atoms with Crippen LogP contribution in [0.15, 0.2) is 53.7 Å². The van der Waals surface area contributed by atoms with Gasteiger partial charge in [0.1, 0.15) is 0 Å². The Balaban J connectivity index is 1.78. The highest BCUT2D eigenvalue weighted by atomic mass is 32.1. The average Bonchev–Trinajstić information content (AvgIpc) is 2.88. The van der Waals surface area contributed by atoms with Gasteiger partial charge in [-0.05, 0) is 66.9 Å². The predicted octanol–water partition coefficient (Wildman–Crippen LogP) is 4.48. The van der Waals surface area contributed by atoms with Crippen molar-refractivity contribution < 1.29 is 19.4 Å². The minimum Gasteiger partial charge on any atom is -0.504 e. The van der Waals surface area contributed by atoms with Crippen LogP contribution in [0.1, 0.15) is 50.3 Å². The van der Waals surface area contributed by atoms with Crippen molar-refractivity contribution in [2.24, 2.45) is 0 Å². The number of methoxy groups -OCH3 is 1. The summed E-state index contributed by atoms with van der Waals surface area (Å²) >= 11 is 5.80. The number of rotatable bonds is 6. The number of carbonyl (C=O) groups is 1. The van der Waals surface area contributed by atoms with Gasteiger partial charge in [-0.3, -0.25) is 9.69 Å². The van der Waals surface area contributed by atoms with E-state index in [9.17, 15) is 9.90 Å². The molecule has 0 saturated carbocycles. The van der Waals surface area contributed by atoms with Gasteiger partial charge in [-0.1, -0.05) is 32.0 Å². The number of phenols is 1. The number of benzene rings is 2. The molecule has 0 aliphatic carbocycles. The SMILES string of the molecule is CC[C@@H](C)c1ccc(N2C(=S)N[C@@H](c3ccc(OC)c(O)c3)C(C(=O)N3CCOCC3)=C2C)cc1. The zero-order valence-corrected chi connectivity index (χ0v) is 21.5. The molecule has 2 heterocycles. The molecule has 2 aromatic carbocycles. The first-order chi connectivity index (χ1) is 16.8. The van der Waals surface area contributed by atoms with Crippen molar-refractivity contribution in [3.05, 3.63) is 64.9 Å². The molecular formula is C27H33N3O4S. The first-order valence-corrected chi connectivity index (χ1v) is 12.4. The van der Waals surface area contributed by atoms with Crippen molar-refractivity contribution in [3.63, 3.8) is 0 Å². The Morgan fingerprint density at radius 1 is 1.23 bits per heavy atom. The summed E-state index contributed by atoms with van der Waals surface area (Å²) in [5.74, 6) is 0.786. The standard InChI is InChI=1S/C27H33N3O4S/c1-5-17(2)19-6-9-21(10-7-19)30-18(3)24(26(32)29-12-14-34-15-13-29)25(28-27(30)35)20-8-11-23(33-4)22(31)16-20/h6-11,16-17,25,31H,5,12-15H2,1-4H3,(H,28,35)/t17-,25+/m1/s1. The molecule has 0 unspecified atom stereocenters. The lowest BCUT2D eigenvalue weighted by molar-refractivity contribution is -0.131. The molecule has 7 nitrogen and oxygen atoms in total. The van der Waals surface area contributed by atoms with Crippen LogP contribution in [0, 0.1) is 0 Å². The van der Waals surface area contributed by atoms with Crippen molar-refractivity contribution in [2.75, 3.05) is 38.3 Å². The Bertz CT molecular complexity index is 1130. The number of morpholine rings is 1. The fourth-order valence-corrected chi connectivity index (χ4v) is 4.95. The zero-order chi connectivity index (χ0) is 25.1. The lowest BCUT2D eigenvalue weighted by Gasteiger charge is -2.40. The molecule has 0 radical (unpaired) electrons. The van der Waals surface area contributed by atoms with Gasteiger partial charge in [-0.2, -0.15) is 0 Å². The highest BCUT2D eigenvalue weighted by Crippen LogP contribution is 2.38. The summed E-state index contributed by atoms with van der Waals surface area (Å²) in [5, 5.41) is 14.3. The van der Waals surface area contributed by atoms with Crippen molar-refractivity contribution in [2.45, 2.75) is 39.2 Å². The van der Waals surface area contributed by atoms with Crippen LogP contribution in [0.2, 0.25) is 0 Å². The number of aromatic hydroxyl groups is 1. The highest BCUT2D eigenvalue weighted by Gasteiger charge is 2.37. The van der Waals surface area contributed by atoms with Crippen LogP contribution in [-0.2, 0) is 9.53 Å². The smallest absolute Gasteiger partial charge is 0.254 e. The van der Waals surface area contributed by atoms with E-state index in [1.165, 1.54) is 12.7 Å². The largest absolute Gasteiger partial charge is 0.504 e. The number of anilines is 1. The zero-order valence-electron chi connectivity index (χ0n) is 20.7. The number of nitrogens with zero attached hydrogens (tertiary/aromatic N) is 2. The van der Waals surface area contributed by atoms with E-state index in [1.54, 1.807) is 12.1 Å². The van der Waals surface area contributed by atoms with Crippen LogP contribution in [0.4, 0.5) is 5.69 Å². The molecule has 1 fully saturated rings. The van der Waals surface area contributed by atoms with Gasteiger partial charge in [0.05, 0.1) is 31.9 Å². The van der Waals surface area contributed by atoms with E-state index < -0.39 is 6.04 Å². The molecule has 2 aliphatic rings. The summed E-state index contributed by atoms with van der Waals surface area (Å²) in [6.45, 7) is 8.41.